The van der Waals surface area contributed by atoms with E-state index in [1.165, 1.54) is 5.56 Å². The lowest BCUT2D eigenvalue weighted by Crippen LogP contribution is -2.42. The molecule has 130 valence electrons. The van der Waals surface area contributed by atoms with Gasteiger partial charge in [0.05, 0.1) is 24.8 Å². The van der Waals surface area contributed by atoms with Crippen molar-refractivity contribution in [1.29, 1.82) is 0 Å². The number of rotatable bonds is 5. The number of halogens is 1. The fourth-order valence-electron chi connectivity index (χ4n) is 2.31. The quantitative estimate of drug-likeness (QED) is 0.426. The largest absolute Gasteiger partial charge is 0.493 e. The Kier molecular flexibility index (Phi) is 8.11. The molecule has 6 heteroatoms. The van der Waals surface area contributed by atoms with E-state index in [-0.39, 0.29) is 35.6 Å². The number of hydrogen-bond donors (Lipinski definition) is 2. The van der Waals surface area contributed by atoms with Crippen molar-refractivity contribution >= 4 is 29.9 Å². The summed E-state index contributed by atoms with van der Waals surface area (Å²) >= 11 is 0. The van der Waals surface area contributed by atoms with Crippen molar-refractivity contribution in [1.82, 2.24) is 10.6 Å². The van der Waals surface area contributed by atoms with Gasteiger partial charge in [-0.15, -0.1) is 24.0 Å². The maximum Gasteiger partial charge on any atom is 0.191 e. The zero-order chi connectivity index (χ0) is 16.0. The van der Waals surface area contributed by atoms with Crippen LogP contribution in [0.3, 0.4) is 0 Å². The van der Waals surface area contributed by atoms with Gasteiger partial charge in [0.15, 0.2) is 5.96 Å². The Hall–Kier alpha value is -1.02. The van der Waals surface area contributed by atoms with Gasteiger partial charge in [-0.3, -0.25) is 4.99 Å². The molecule has 1 heterocycles. The van der Waals surface area contributed by atoms with Gasteiger partial charge in [0.2, 0.25) is 0 Å². The van der Waals surface area contributed by atoms with Crippen molar-refractivity contribution < 1.29 is 9.47 Å². The third-order valence-corrected chi connectivity index (χ3v) is 3.78. The zero-order valence-electron chi connectivity index (χ0n) is 14.4. The minimum absolute atomic E-state index is 0. The number of guanidine groups is 1. The van der Waals surface area contributed by atoms with Gasteiger partial charge in [-0.1, -0.05) is 18.2 Å². The Balaban J connectivity index is 0.00000264. The molecule has 1 aromatic carbocycles. The van der Waals surface area contributed by atoms with E-state index >= 15 is 0 Å². The molecule has 0 saturated heterocycles. The number of nitrogens with one attached hydrogen (secondary N) is 2. The smallest absolute Gasteiger partial charge is 0.191 e. The Bertz CT molecular complexity index is 520. The molecule has 2 N–H and O–H groups in total. The SMILES string of the molecule is CCNC(=NCC(C)(C)OC)NC1CCOc2ccccc21.I. The molecule has 0 radical (unpaired) electrons. The summed E-state index contributed by atoms with van der Waals surface area (Å²) in [5, 5.41) is 6.81. The summed E-state index contributed by atoms with van der Waals surface area (Å²) in [4.78, 5) is 4.65. The Morgan fingerprint density at radius 3 is 2.83 bits per heavy atom. The fourth-order valence-corrected chi connectivity index (χ4v) is 2.31. The van der Waals surface area contributed by atoms with E-state index in [9.17, 15) is 0 Å². The molecule has 5 nitrogen and oxygen atoms in total. The lowest BCUT2D eigenvalue weighted by atomic mass is 10.0. The minimum Gasteiger partial charge on any atom is -0.493 e. The van der Waals surface area contributed by atoms with Gasteiger partial charge in [0.25, 0.3) is 0 Å². The van der Waals surface area contributed by atoms with Crippen molar-refractivity contribution in [2.45, 2.75) is 38.8 Å². The van der Waals surface area contributed by atoms with Crippen LogP contribution in [0.4, 0.5) is 0 Å². The molecule has 1 aliphatic heterocycles. The fraction of sp³-hybridized carbons (Fsp3) is 0.588. The highest BCUT2D eigenvalue weighted by atomic mass is 127. The van der Waals surface area contributed by atoms with Crippen molar-refractivity contribution in [3.8, 4) is 5.75 Å². The molecule has 0 aliphatic carbocycles. The molecule has 0 amide bonds. The van der Waals surface area contributed by atoms with E-state index in [0.29, 0.717) is 6.54 Å². The molecule has 1 unspecified atom stereocenters. The number of hydrogen-bond acceptors (Lipinski definition) is 3. The van der Waals surface area contributed by atoms with Gasteiger partial charge in [-0.05, 0) is 26.8 Å². The average molecular weight is 433 g/mol. The second kappa shape index (κ2) is 9.32. The van der Waals surface area contributed by atoms with E-state index < -0.39 is 0 Å². The number of benzene rings is 1. The maximum atomic E-state index is 5.71. The predicted molar refractivity (Wildman–Crippen MR) is 105 cm³/mol. The monoisotopic (exact) mass is 433 g/mol. The Labute approximate surface area is 156 Å². The molecule has 1 aliphatic rings. The summed E-state index contributed by atoms with van der Waals surface area (Å²) in [6.07, 6.45) is 0.926. The van der Waals surface area contributed by atoms with Crippen LogP contribution in [-0.2, 0) is 4.74 Å². The van der Waals surface area contributed by atoms with Crippen LogP contribution in [0.15, 0.2) is 29.3 Å². The van der Waals surface area contributed by atoms with Crippen LogP contribution in [0.25, 0.3) is 0 Å². The highest BCUT2D eigenvalue weighted by molar-refractivity contribution is 14.0. The predicted octanol–water partition coefficient (Wildman–Crippen LogP) is 3.11. The van der Waals surface area contributed by atoms with Crippen LogP contribution in [0.2, 0.25) is 0 Å². The number of aliphatic imine (C=N–C) groups is 1. The first-order chi connectivity index (χ1) is 10.6. The molecule has 0 bridgehead atoms. The standard InChI is InChI=1S/C17H27N3O2.HI/c1-5-18-16(19-12-17(2,3)21-4)20-14-10-11-22-15-9-7-6-8-13(14)15;/h6-9,14H,5,10-12H2,1-4H3,(H2,18,19,20);1H. The topological polar surface area (TPSA) is 54.9 Å². The summed E-state index contributed by atoms with van der Waals surface area (Å²) in [6, 6.07) is 8.38. The molecule has 23 heavy (non-hydrogen) atoms. The first-order valence-corrected chi connectivity index (χ1v) is 7.87. The minimum atomic E-state index is -0.268. The summed E-state index contributed by atoms with van der Waals surface area (Å²) in [7, 11) is 1.71. The lowest BCUT2D eigenvalue weighted by molar-refractivity contribution is 0.0310. The van der Waals surface area contributed by atoms with Crippen LogP contribution in [-0.4, -0.2) is 38.4 Å². The van der Waals surface area contributed by atoms with Gasteiger partial charge in [-0.25, -0.2) is 0 Å². The third kappa shape index (κ3) is 5.84. The summed E-state index contributed by atoms with van der Waals surface area (Å²) in [5.74, 6) is 1.77. The summed E-state index contributed by atoms with van der Waals surface area (Å²) in [5.41, 5.74) is 0.918. The zero-order valence-corrected chi connectivity index (χ0v) is 16.7. The van der Waals surface area contributed by atoms with Crippen molar-refractivity contribution in [3.05, 3.63) is 29.8 Å². The first kappa shape index (κ1) is 20.0. The van der Waals surface area contributed by atoms with Crippen LogP contribution < -0.4 is 15.4 Å². The number of methoxy groups -OCH3 is 1. The number of fused-ring (bicyclic) bond motifs is 1. The molecule has 0 fully saturated rings. The third-order valence-electron chi connectivity index (χ3n) is 3.78. The van der Waals surface area contributed by atoms with E-state index in [1.807, 2.05) is 32.0 Å². The van der Waals surface area contributed by atoms with Gasteiger partial charge in [0, 0.05) is 25.6 Å². The van der Waals surface area contributed by atoms with Gasteiger partial charge < -0.3 is 20.1 Å². The number of nitrogens with zero attached hydrogens (tertiary/aromatic N) is 1. The van der Waals surface area contributed by atoms with Gasteiger partial charge in [0.1, 0.15) is 5.75 Å². The maximum absolute atomic E-state index is 5.71. The van der Waals surface area contributed by atoms with Gasteiger partial charge in [-0.2, -0.15) is 0 Å². The molecular weight excluding hydrogens is 405 g/mol. The summed E-state index contributed by atoms with van der Waals surface area (Å²) < 4.78 is 11.1. The van der Waals surface area contributed by atoms with Gasteiger partial charge >= 0.3 is 0 Å². The van der Waals surface area contributed by atoms with E-state index in [4.69, 9.17) is 9.47 Å². The molecule has 1 atom stereocenters. The van der Waals surface area contributed by atoms with E-state index in [0.717, 1.165) is 31.3 Å². The molecule has 0 spiro atoms. The lowest BCUT2D eigenvalue weighted by Gasteiger charge is -2.28. The number of ether oxygens (including phenoxy) is 2. The van der Waals surface area contributed by atoms with Crippen LogP contribution >= 0.6 is 24.0 Å². The highest BCUT2D eigenvalue weighted by Gasteiger charge is 2.22. The molecule has 1 aromatic rings. The van der Waals surface area contributed by atoms with E-state index in [1.54, 1.807) is 7.11 Å². The van der Waals surface area contributed by atoms with Crippen molar-refractivity contribution in [2.75, 3.05) is 26.8 Å². The molecular formula is C17H28IN3O2. The Morgan fingerprint density at radius 2 is 2.13 bits per heavy atom. The Morgan fingerprint density at radius 1 is 1.39 bits per heavy atom. The van der Waals surface area contributed by atoms with E-state index in [2.05, 4.69) is 28.6 Å². The van der Waals surface area contributed by atoms with Crippen molar-refractivity contribution in [2.24, 2.45) is 4.99 Å². The normalized spacial score (nSPS) is 17.6. The molecule has 0 saturated carbocycles. The molecule has 2 rings (SSSR count). The van der Waals surface area contributed by atoms with Crippen LogP contribution in [0.1, 0.15) is 38.8 Å². The second-order valence-electron chi connectivity index (χ2n) is 6.03. The van der Waals surface area contributed by atoms with Crippen LogP contribution in [0, 0.1) is 0 Å². The number of para-hydroxylation sites is 1. The highest BCUT2D eigenvalue weighted by Crippen LogP contribution is 2.31. The van der Waals surface area contributed by atoms with Crippen LogP contribution in [0.5, 0.6) is 5.75 Å². The second-order valence-corrected chi connectivity index (χ2v) is 6.03. The summed E-state index contributed by atoms with van der Waals surface area (Å²) in [6.45, 7) is 8.27. The van der Waals surface area contributed by atoms with Crippen molar-refractivity contribution in [3.63, 3.8) is 0 Å². The average Bonchev–Trinajstić information content (AvgIpc) is 2.53. The first-order valence-electron chi connectivity index (χ1n) is 7.87. The molecule has 0 aromatic heterocycles.